The van der Waals surface area contributed by atoms with Crippen LogP contribution in [0.1, 0.15) is 34.1 Å². The molecule has 0 amide bonds. The first-order chi connectivity index (χ1) is 7.41. The number of rotatable bonds is 4. The average molecular weight is 234 g/mol. The summed E-state index contributed by atoms with van der Waals surface area (Å²) in [5.74, 6) is 0. The molecule has 0 radical (unpaired) electrons. The zero-order valence-corrected chi connectivity index (χ0v) is 10.8. The SMILES string of the molecule is CC(C)N1CCN(C(C)C)C(CC(F)F)C1. The molecule has 1 rings (SSSR count). The van der Waals surface area contributed by atoms with Gasteiger partial charge in [-0.15, -0.1) is 0 Å². The highest BCUT2D eigenvalue weighted by Crippen LogP contribution is 2.20. The van der Waals surface area contributed by atoms with Crippen molar-refractivity contribution < 1.29 is 8.78 Å². The summed E-state index contributed by atoms with van der Waals surface area (Å²) in [4.78, 5) is 4.51. The molecule has 2 nitrogen and oxygen atoms in total. The van der Waals surface area contributed by atoms with Gasteiger partial charge in [0, 0.05) is 44.2 Å². The van der Waals surface area contributed by atoms with E-state index in [9.17, 15) is 8.78 Å². The molecule has 0 aromatic rings. The van der Waals surface area contributed by atoms with Crippen LogP contribution in [-0.2, 0) is 0 Å². The molecule has 0 aromatic carbocycles. The van der Waals surface area contributed by atoms with Crippen LogP contribution < -0.4 is 0 Å². The number of hydrogen-bond donors (Lipinski definition) is 0. The van der Waals surface area contributed by atoms with E-state index in [0.717, 1.165) is 19.6 Å². The average Bonchev–Trinajstić information content (AvgIpc) is 2.15. The summed E-state index contributed by atoms with van der Waals surface area (Å²) in [6.45, 7) is 11.1. The van der Waals surface area contributed by atoms with Crippen LogP contribution in [0.4, 0.5) is 8.78 Å². The number of nitrogens with zero attached hydrogens (tertiary/aromatic N) is 2. The number of alkyl halides is 2. The fourth-order valence-corrected chi connectivity index (χ4v) is 2.46. The smallest absolute Gasteiger partial charge is 0.240 e. The van der Waals surface area contributed by atoms with E-state index in [1.54, 1.807) is 0 Å². The fraction of sp³-hybridized carbons (Fsp3) is 1.00. The number of halogens is 2. The van der Waals surface area contributed by atoms with Gasteiger partial charge in [-0.05, 0) is 27.7 Å². The molecule has 0 aliphatic carbocycles. The van der Waals surface area contributed by atoms with Crippen molar-refractivity contribution in [2.75, 3.05) is 19.6 Å². The number of piperazine rings is 1. The van der Waals surface area contributed by atoms with Crippen LogP contribution in [0.3, 0.4) is 0 Å². The molecular weight excluding hydrogens is 210 g/mol. The van der Waals surface area contributed by atoms with Gasteiger partial charge in [-0.2, -0.15) is 0 Å². The lowest BCUT2D eigenvalue weighted by Gasteiger charge is -2.45. The number of hydrogen-bond acceptors (Lipinski definition) is 2. The van der Waals surface area contributed by atoms with Crippen LogP contribution in [0.2, 0.25) is 0 Å². The molecule has 16 heavy (non-hydrogen) atoms. The van der Waals surface area contributed by atoms with E-state index in [4.69, 9.17) is 0 Å². The first-order valence-electron chi connectivity index (χ1n) is 6.19. The highest BCUT2D eigenvalue weighted by atomic mass is 19.3. The summed E-state index contributed by atoms with van der Waals surface area (Å²) in [7, 11) is 0. The highest BCUT2D eigenvalue weighted by molar-refractivity contribution is 4.85. The van der Waals surface area contributed by atoms with E-state index >= 15 is 0 Å². The molecule has 0 spiro atoms. The molecule has 1 unspecified atom stereocenters. The van der Waals surface area contributed by atoms with E-state index in [1.165, 1.54) is 0 Å². The normalized spacial score (nSPS) is 24.9. The monoisotopic (exact) mass is 234 g/mol. The molecular formula is C12H24F2N2. The van der Waals surface area contributed by atoms with Gasteiger partial charge in [0.15, 0.2) is 0 Å². The Labute approximate surface area is 97.6 Å². The molecule has 1 aliphatic rings. The largest absolute Gasteiger partial charge is 0.298 e. The predicted octanol–water partition coefficient (Wildman–Crippen LogP) is 2.44. The topological polar surface area (TPSA) is 6.48 Å². The molecule has 96 valence electrons. The van der Waals surface area contributed by atoms with Crippen molar-refractivity contribution in [3.05, 3.63) is 0 Å². The van der Waals surface area contributed by atoms with Gasteiger partial charge in [-0.3, -0.25) is 9.80 Å². The summed E-state index contributed by atoms with van der Waals surface area (Å²) in [5, 5.41) is 0. The summed E-state index contributed by atoms with van der Waals surface area (Å²) in [6.07, 6.45) is -2.19. The molecule has 1 fully saturated rings. The van der Waals surface area contributed by atoms with E-state index < -0.39 is 6.43 Å². The van der Waals surface area contributed by atoms with Crippen molar-refractivity contribution >= 4 is 0 Å². The van der Waals surface area contributed by atoms with Crippen molar-refractivity contribution in [3.8, 4) is 0 Å². The third-order valence-corrected chi connectivity index (χ3v) is 3.40. The van der Waals surface area contributed by atoms with Gasteiger partial charge in [0.1, 0.15) is 0 Å². The van der Waals surface area contributed by atoms with Gasteiger partial charge in [0.2, 0.25) is 6.43 Å². The van der Waals surface area contributed by atoms with Crippen molar-refractivity contribution in [1.29, 1.82) is 0 Å². The summed E-state index contributed by atoms with van der Waals surface area (Å²) >= 11 is 0. The molecule has 4 heteroatoms. The molecule has 1 heterocycles. The second-order valence-corrected chi connectivity index (χ2v) is 5.20. The van der Waals surface area contributed by atoms with Crippen molar-refractivity contribution in [2.45, 2.75) is 58.7 Å². The Hall–Kier alpha value is -0.220. The minimum absolute atomic E-state index is 0.00139. The Morgan fingerprint density at radius 3 is 2.12 bits per heavy atom. The third-order valence-electron chi connectivity index (χ3n) is 3.40. The summed E-state index contributed by atoms with van der Waals surface area (Å²) < 4.78 is 25.1. The van der Waals surface area contributed by atoms with Crippen molar-refractivity contribution in [2.24, 2.45) is 0 Å². The van der Waals surface area contributed by atoms with Gasteiger partial charge in [-0.25, -0.2) is 8.78 Å². The van der Waals surface area contributed by atoms with Crippen LogP contribution in [0, 0.1) is 0 Å². The van der Waals surface area contributed by atoms with Crippen LogP contribution in [0.15, 0.2) is 0 Å². The van der Waals surface area contributed by atoms with E-state index in [2.05, 4.69) is 37.5 Å². The maximum atomic E-state index is 12.5. The molecule has 0 aromatic heterocycles. The maximum absolute atomic E-state index is 12.5. The van der Waals surface area contributed by atoms with Crippen LogP contribution in [-0.4, -0.2) is 54.0 Å². The Morgan fingerprint density at radius 2 is 1.69 bits per heavy atom. The van der Waals surface area contributed by atoms with Crippen molar-refractivity contribution in [3.63, 3.8) is 0 Å². The first kappa shape index (κ1) is 13.8. The second kappa shape index (κ2) is 5.92. The second-order valence-electron chi connectivity index (χ2n) is 5.20. The Morgan fingerprint density at radius 1 is 1.06 bits per heavy atom. The van der Waals surface area contributed by atoms with Gasteiger partial charge >= 0.3 is 0 Å². The molecule has 1 saturated heterocycles. The first-order valence-corrected chi connectivity index (χ1v) is 6.19. The lowest BCUT2D eigenvalue weighted by molar-refractivity contribution is 0.00238. The van der Waals surface area contributed by atoms with Gasteiger partial charge in [-0.1, -0.05) is 0 Å². The highest BCUT2D eigenvalue weighted by Gasteiger charge is 2.31. The molecule has 0 saturated carbocycles. The Balaban J connectivity index is 2.61. The lowest BCUT2D eigenvalue weighted by atomic mass is 10.1. The Kier molecular flexibility index (Phi) is 5.12. The van der Waals surface area contributed by atoms with E-state index in [1.807, 2.05) is 0 Å². The fourth-order valence-electron chi connectivity index (χ4n) is 2.46. The lowest BCUT2D eigenvalue weighted by Crippen LogP contribution is -2.57. The van der Waals surface area contributed by atoms with Crippen LogP contribution >= 0.6 is 0 Å². The summed E-state index contributed by atoms with van der Waals surface area (Å²) in [5.41, 5.74) is 0. The Bertz CT molecular complexity index is 207. The quantitative estimate of drug-likeness (QED) is 0.737. The third kappa shape index (κ3) is 3.67. The molecule has 0 bridgehead atoms. The van der Waals surface area contributed by atoms with Gasteiger partial charge in [0.25, 0.3) is 0 Å². The van der Waals surface area contributed by atoms with Gasteiger partial charge < -0.3 is 0 Å². The van der Waals surface area contributed by atoms with Crippen LogP contribution in [0.5, 0.6) is 0 Å². The zero-order valence-electron chi connectivity index (χ0n) is 10.8. The van der Waals surface area contributed by atoms with E-state index in [0.29, 0.717) is 12.1 Å². The van der Waals surface area contributed by atoms with E-state index in [-0.39, 0.29) is 12.5 Å². The van der Waals surface area contributed by atoms with Crippen molar-refractivity contribution in [1.82, 2.24) is 9.80 Å². The van der Waals surface area contributed by atoms with Gasteiger partial charge in [0.05, 0.1) is 0 Å². The molecule has 1 aliphatic heterocycles. The molecule has 1 atom stereocenters. The minimum atomic E-state index is -2.20. The maximum Gasteiger partial charge on any atom is 0.240 e. The predicted molar refractivity (Wildman–Crippen MR) is 63.0 cm³/mol. The molecule has 0 N–H and O–H groups in total. The minimum Gasteiger partial charge on any atom is -0.298 e. The zero-order chi connectivity index (χ0) is 12.3. The summed E-state index contributed by atoms with van der Waals surface area (Å²) in [6, 6.07) is 0.823. The van der Waals surface area contributed by atoms with Crippen LogP contribution in [0.25, 0.3) is 0 Å². The standard InChI is InChI=1S/C12H24F2N2/c1-9(2)15-5-6-16(10(3)4)11(8-15)7-12(13)14/h9-12H,5-8H2,1-4H3.